The van der Waals surface area contributed by atoms with Gasteiger partial charge in [0, 0.05) is 18.2 Å². The fourth-order valence-corrected chi connectivity index (χ4v) is 2.16. The molecule has 1 aromatic rings. The smallest absolute Gasteiger partial charge is 0.123 e. The maximum Gasteiger partial charge on any atom is 0.123 e. The van der Waals surface area contributed by atoms with Gasteiger partial charge in [0.2, 0.25) is 0 Å². The summed E-state index contributed by atoms with van der Waals surface area (Å²) < 4.78 is 5.47. The average molecular weight is 264 g/mol. The van der Waals surface area contributed by atoms with Crippen molar-refractivity contribution in [3.8, 4) is 5.75 Å². The minimum atomic E-state index is 0.366. The van der Waals surface area contributed by atoms with Gasteiger partial charge in [0.15, 0.2) is 0 Å². The van der Waals surface area contributed by atoms with Crippen LogP contribution in [0.25, 0.3) is 0 Å². The summed E-state index contributed by atoms with van der Waals surface area (Å²) in [5.74, 6) is 0.982. The molecule has 1 unspecified atom stereocenters. The van der Waals surface area contributed by atoms with Crippen molar-refractivity contribution in [2.45, 2.75) is 39.3 Å². The Morgan fingerprint density at radius 3 is 2.68 bits per heavy atom. The largest absolute Gasteiger partial charge is 0.496 e. The topological polar surface area (TPSA) is 24.5 Å². The number of rotatable bonds is 8. The average Bonchev–Trinajstić information content (AvgIpc) is 2.44. The Balaban J connectivity index is 2.83. The molecule has 0 saturated heterocycles. The second-order valence-corrected chi connectivity index (χ2v) is 5.17. The zero-order valence-electron chi connectivity index (χ0n) is 13.0. The van der Waals surface area contributed by atoms with Crippen LogP contribution in [0.15, 0.2) is 18.2 Å². The van der Waals surface area contributed by atoms with Gasteiger partial charge in [-0.3, -0.25) is 0 Å². The predicted molar refractivity (Wildman–Crippen MR) is 81.7 cm³/mol. The lowest BCUT2D eigenvalue weighted by Crippen LogP contribution is -2.20. The summed E-state index contributed by atoms with van der Waals surface area (Å²) in [6.45, 7) is 6.47. The summed E-state index contributed by atoms with van der Waals surface area (Å²) in [5.41, 5.74) is 2.57. The second kappa shape index (κ2) is 8.18. The highest BCUT2D eigenvalue weighted by Gasteiger charge is 2.10. The van der Waals surface area contributed by atoms with E-state index in [0.29, 0.717) is 6.04 Å². The first-order valence-corrected chi connectivity index (χ1v) is 7.15. The third-order valence-electron chi connectivity index (χ3n) is 3.57. The minimum absolute atomic E-state index is 0.366. The summed E-state index contributed by atoms with van der Waals surface area (Å²) in [6.07, 6.45) is 2.48. The predicted octanol–water partition coefficient (Wildman–Crippen LogP) is 3.21. The molecule has 0 spiro atoms. The van der Waals surface area contributed by atoms with Gasteiger partial charge in [-0.05, 0) is 51.7 Å². The Morgan fingerprint density at radius 1 is 1.37 bits per heavy atom. The second-order valence-electron chi connectivity index (χ2n) is 5.17. The minimum Gasteiger partial charge on any atom is -0.496 e. The SMILES string of the molecule is CCCCN(C)Cc1cc(C(C)NC)ccc1OC. The van der Waals surface area contributed by atoms with Crippen molar-refractivity contribution in [3.63, 3.8) is 0 Å². The van der Waals surface area contributed by atoms with Crippen LogP contribution in [-0.2, 0) is 6.54 Å². The normalized spacial score (nSPS) is 12.7. The number of methoxy groups -OCH3 is 1. The number of benzene rings is 1. The monoisotopic (exact) mass is 264 g/mol. The van der Waals surface area contributed by atoms with E-state index >= 15 is 0 Å². The zero-order valence-corrected chi connectivity index (χ0v) is 13.0. The van der Waals surface area contributed by atoms with E-state index < -0.39 is 0 Å². The molecule has 0 radical (unpaired) electrons. The summed E-state index contributed by atoms with van der Waals surface area (Å²) >= 11 is 0. The lowest BCUT2D eigenvalue weighted by molar-refractivity contribution is 0.312. The van der Waals surface area contributed by atoms with Gasteiger partial charge in [0.25, 0.3) is 0 Å². The molecule has 0 saturated carbocycles. The molecule has 3 heteroatoms. The lowest BCUT2D eigenvalue weighted by atomic mass is 10.0. The van der Waals surface area contributed by atoms with Gasteiger partial charge in [-0.15, -0.1) is 0 Å². The van der Waals surface area contributed by atoms with Gasteiger partial charge >= 0.3 is 0 Å². The fraction of sp³-hybridized carbons (Fsp3) is 0.625. The van der Waals surface area contributed by atoms with Gasteiger partial charge in [-0.1, -0.05) is 19.4 Å². The highest BCUT2D eigenvalue weighted by Crippen LogP contribution is 2.24. The standard InChI is InChI=1S/C16H28N2O/c1-6-7-10-18(4)12-15-11-14(13(2)17-3)8-9-16(15)19-5/h8-9,11,13,17H,6-7,10,12H2,1-5H3. The van der Waals surface area contributed by atoms with Crippen LogP contribution in [0.5, 0.6) is 5.75 Å². The molecule has 1 aromatic carbocycles. The highest BCUT2D eigenvalue weighted by molar-refractivity contribution is 5.38. The Bertz CT molecular complexity index is 379. The van der Waals surface area contributed by atoms with Crippen molar-refractivity contribution < 1.29 is 4.74 Å². The zero-order chi connectivity index (χ0) is 14.3. The molecule has 0 aliphatic heterocycles. The number of hydrogen-bond acceptors (Lipinski definition) is 3. The Hall–Kier alpha value is -1.06. The van der Waals surface area contributed by atoms with Gasteiger partial charge in [-0.2, -0.15) is 0 Å². The van der Waals surface area contributed by atoms with Crippen LogP contribution in [0.1, 0.15) is 43.9 Å². The molecule has 19 heavy (non-hydrogen) atoms. The summed E-state index contributed by atoms with van der Waals surface area (Å²) in [5, 5.41) is 3.28. The van der Waals surface area contributed by atoms with Crippen LogP contribution in [0, 0.1) is 0 Å². The molecule has 0 amide bonds. The van der Waals surface area contributed by atoms with E-state index in [-0.39, 0.29) is 0 Å². The first kappa shape index (κ1) is 16.0. The van der Waals surface area contributed by atoms with E-state index in [2.05, 4.69) is 49.3 Å². The van der Waals surface area contributed by atoms with E-state index in [1.54, 1.807) is 7.11 Å². The molecule has 1 N–H and O–H groups in total. The number of hydrogen-bond donors (Lipinski definition) is 1. The maximum atomic E-state index is 5.47. The molecule has 3 nitrogen and oxygen atoms in total. The van der Waals surface area contributed by atoms with E-state index in [4.69, 9.17) is 4.74 Å². The first-order chi connectivity index (χ1) is 9.12. The number of ether oxygens (including phenoxy) is 1. The van der Waals surface area contributed by atoms with Crippen molar-refractivity contribution in [2.24, 2.45) is 0 Å². The van der Waals surface area contributed by atoms with E-state index in [1.807, 2.05) is 7.05 Å². The van der Waals surface area contributed by atoms with E-state index in [0.717, 1.165) is 18.8 Å². The molecular formula is C16H28N2O. The van der Waals surface area contributed by atoms with Gasteiger partial charge in [0.1, 0.15) is 5.75 Å². The van der Waals surface area contributed by atoms with Crippen molar-refractivity contribution in [2.75, 3.05) is 27.7 Å². The van der Waals surface area contributed by atoms with Crippen molar-refractivity contribution in [1.29, 1.82) is 0 Å². The summed E-state index contributed by atoms with van der Waals surface area (Å²) in [4.78, 5) is 2.36. The molecule has 0 aliphatic carbocycles. The van der Waals surface area contributed by atoms with E-state index in [1.165, 1.54) is 24.0 Å². The molecular weight excluding hydrogens is 236 g/mol. The molecule has 0 aliphatic rings. The van der Waals surface area contributed by atoms with E-state index in [9.17, 15) is 0 Å². The van der Waals surface area contributed by atoms with Gasteiger partial charge < -0.3 is 15.0 Å². The van der Waals surface area contributed by atoms with Crippen molar-refractivity contribution in [1.82, 2.24) is 10.2 Å². The Kier molecular flexibility index (Phi) is 6.89. The summed E-state index contributed by atoms with van der Waals surface area (Å²) in [6, 6.07) is 6.83. The molecule has 0 bridgehead atoms. The quantitative estimate of drug-likeness (QED) is 0.780. The van der Waals surface area contributed by atoms with Crippen LogP contribution in [0.3, 0.4) is 0 Å². The van der Waals surface area contributed by atoms with Crippen LogP contribution < -0.4 is 10.1 Å². The Morgan fingerprint density at radius 2 is 2.11 bits per heavy atom. The van der Waals surface area contributed by atoms with Crippen LogP contribution in [0.4, 0.5) is 0 Å². The molecule has 0 aromatic heterocycles. The highest BCUT2D eigenvalue weighted by atomic mass is 16.5. The molecule has 1 rings (SSSR count). The van der Waals surface area contributed by atoms with Crippen molar-refractivity contribution in [3.05, 3.63) is 29.3 Å². The molecule has 0 fully saturated rings. The van der Waals surface area contributed by atoms with Gasteiger partial charge in [-0.25, -0.2) is 0 Å². The van der Waals surface area contributed by atoms with Gasteiger partial charge in [0.05, 0.1) is 7.11 Å². The Labute approximate surface area is 118 Å². The number of unbranched alkanes of at least 4 members (excludes halogenated alkanes) is 1. The van der Waals surface area contributed by atoms with Crippen LogP contribution in [0.2, 0.25) is 0 Å². The number of nitrogens with zero attached hydrogens (tertiary/aromatic N) is 1. The maximum absolute atomic E-state index is 5.47. The summed E-state index contributed by atoms with van der Waals surface area (Å²) in [7, 11) is 5.90. The van der Waals surface area contributed by atoms with Crippen LogP contribution in [-0.4, -0.2) is 32.6 Å². The number of nitrogens with one attached hydrogen (secondary N) is 1. The third-order valence-corrected chi connectivity index (χ3v) is 3.57. The lowest BCUT2D eigenvalue weighted by Gasteiger charge is -2.20. The first-order valence-electron chi connectivity index (χ1n) is 7.15. The molecule has 0 heterocycles. The molecule has 108 valence electrons. The fourth-order valence-electron chi connectivity index (χ4n) is 2.16. The van der Waals surface area contributed by atoms with Crippen LogP contribution >= 0.6 is 0 Å². The third kappa shape index (κ3) is 4.84. The van der Waals surface area contributed by atoms with Crippen molar-refractivity contribution >= 4 is 0 Å². The molecule has 1 atom stereocenters.